The number of nitrogens with one attached hydrogen (secondary N) is 2. The minimum atomic E-state index is -0.785. The number of carbonyl (C=O) groups is 2. The molecule has 1 amide bonds. The van der Waals surface area contributed by atoms with Gasteiger partial charge in [0.25, 0.3) is 0 Å². The summed E-state index contributed by atoms with van der Waals surface area (Å²) >= 11 is 0. The van der Waals surface area contributed by atoms with Crippen molar-refractivity contribution in [3.63, 3.8) is 0 Å². The van der Waals surface area contributed by atoms with Gasteiger partial charge >= 0.3 is 5.97 Å². The van der Waals surface area contributed by atoms with E-state index in [0.29, 0.717) is 12.2 Å². The molecule has 0 spiro atoms. The number of aromatic hydroxyl groups is 1. The maximum atomic E-state index is 12.2. The summed E-state index contributed by atoms with van der Waals surface area (Å²) in [4.78, 5) is 30.8. The Morgan fingerprint density at radius 3 is 2.80 bits per heavy atom. The second-order valence-electron chi connectivity index (χ2n) is 5.43. The van der Waals surface area contributed by atoms with E-state index >= 15 is 0 Å². The Bertz CT molecular complexity index is 715. The van der Waals surface area contributed by atoms with Gasteiger partial charge in [0.15, 0.2) is 11.5 Å². The fraction of sp³-hybridized carbons (Fsp3) is 0.353. The van der Waals surface area contributed by atoms with Gasteiger partial charge in [-0.1, -0.05) is 6.07 Å². The SMILES string of the molecule is COC(=O)C(Cc1cnc[nH]1)NC(=O)CCc1ccc(O)c(OC)c1. The zero-order valence-electron chi connectivity index (χ0n) is 14.1. The Hall–Kier alpha value is -3.03. The number of nitrogens with zero attached hydrogens (tertiary/aromatic N) is 1. The Labute approximate surface area is 145 Å². The Morgan fingerprint density at radius 1 is 1.36 bits per heavy atom. The molecular formula is C17H21N3O5. The molecule has 2 aromatic rings. The fourth-order valence-electron chi connectivity index (χ4n) is 2.35. The molecule has 0 aliphatic heterocycles. The number of carbonyl (C=O) groups excluding carboxylic acids is 2. The molecule has 0 bridgehead atoms. The number of amides is 1. The standard InChI is InChI=1S/C17H21N3O5/c1-24-15-7-11(3-5-14(15)21)4-6-16(22)20-13(17(23)25-2)8-12-9-18-10-19-12/h3,5,7,9-10,13,21H,4,6,8H2,1-2H3,(H,18,19)(H,20,22). The molecule has 25 heavy (non-hydrogen) atoms. The topological polar surface area (TPSA) is 114 Å². The van der Waals surface area contributed by atoms with Crippen molar-refractivity contribution in [2.75, 3.05) is 14.2 Å². The molecule has 1 aromatic heterocycles. The van der Waals surface area contributed by atoms with Gasteiger partial charge < -0.3 is 24.9 Å². The summed E-state index contributed by atoms with van der Waals surface area (Å²) in [5, 5.41) is 12.3. The molecule has 0 saturated carbocycles. The number of hydrogen-bond acceptors (Lipinski definition) is 6. The van der Waals surface area contributed by atoms with Crippen molar-refractivity contribution in [1.82, 2.24) is 15.3 Å². The van der Waals surface area contributed by atoms with Crippen molar-refractivity contribution in [2.24, 2.45) is 0 Å². The highest BCUT2D eigenvalue weighted by molar-refractivity contribution is 5.84. The summed E-state index contributed by atoms with van der Waals surface area (Å²) in [5.74, 6) is -0.401. The molecule has 8 heteroatoms. The van der Waals surface area contributed by atoms with E-state index in [9.17, 15) is 14.7 Å². The summed E-state index contributed by atoms with van der Waals surface area (Å²) in [6.07, 6.45) is 3.99. The Morgan fingerprint density at radius 2 is 2.16 bits per heavy atom. The van der Waals surface area contributed by atoms with E-state index in [4.69, 9.17) is 9.47 Å². The minimum absolute atomic E-state index is 0.0426. The van der Waals surface area contributed by atoms with Crippen LogP contribution in [0.5, 0.6) is 11.5 Å². The van der Waals surface area contributed by atoms with Gasteiger partial charge in [0.05, 0.1) is 20.5 Å². The molecule has 0 fully saturated rings. The predicted octanol–water partition coefficient (Wildman–Crippen LogP) is 0.957. The molecule has 1 heterocycles. The first-order valence-electron chi connectivity index (χ1n) is 7.73. The van der Waals surface area contributed by atoms with Crippen LogP contribution in [-0.2, 0) is 27.2 Å². The van der Waals surface area contributed by atoms with Gasteiger partial charge in [0.1, 0.15) is 6.04 Å². The number of phenols is 1. The van der Waals surface area contributed by atoms with E-state index in [0.717, 1.165) is 11.3 Å². The first kappa shape index (κ1) is 18.3. The minimum Gasteiger partial charge on any atom is -0.504 e. The number of benzene rings is 1. The summed E-state index contributed by atoms with van der Waals surface area (Å²) in [5.41, 5.74) is 1.56. The molecule has 0 aliphatic rings. The van der Waals surface area contributed by atoms with Gasteiger partial charge in [-0.05, 0) is 24.1 Å². The molecule has 3 N–H and O–H groups in total. The summed E-state index contributed by atoms with van der Waals surface area (Å²) in [6, 6.07) is 4.12. The van der Waals surface area contributed by atoms with Crippen LogP contribution in [0.25, 0.3) is 0 Å². The van der Waals surface area contributed by atoms with Crippen molar-refractivity contribution in [3.8, 4) is 11.5 Å². The normalized spacial score (nSPS) is 11.6. The number of methoxy groups -OCH3 is 2. The molecular weight excluding hydrogens is 326 g/mol. The molecule has 2 rings (SSSR count). The van der Waals surface area contributed by atoms with Gasteiger partial charge in [-0.2, -0.15) is 0 Å². The second kappa shape index (κ2) is 8.72. The lowest BCUT2D eigenvalue weighted by Gasteiger charge is -2.16. The smallest absolute Gasteiger partial charge is 0.328 e. The first-order chi connectivity index (χ1) is 12.0. The van der Waals surface area contributed by atoms with Gasteiger partial charge in [-0.3, -0.25) is 4.79 Å². The first-order valence-corrected chi connectivity index (χ1v) is 7.73. The van der Waals surface area contributed by atoms with Crippen LogP contribution in [0.3, 0.4) is 0 Å². The molecule has 0 saturated heterocycles. The van der Waals surface area contributed by atoms with E-state index in [1.165, 1.54) is 26.6 Å². The maximum Gasteiger partial charge on any atom is 0.328 e. The zero-order valence-corrected chi connectivity index (χ0v) is 14.1. The lowest BCUT2D eigenvalue weighted by molar-refractivity contribution is -0.145. The highest BCUT2D eigenvalue weighted by Gasteiger charge is 2.22. The molecule has 1 unspecified atom stereocenters. The Kier molecular flexibility index (Phi) is 6.39. The van der Waals surface area contributed by atoms with Crippen LogP contribution in [-0.4, -0.2) is 47.2 Å². The van der Waals surface area contributed by atoms with Crippen LogP contribution in [0.1, 0.15) is 17.7 Å². The number of H-pyrrole nitrogens is 1. The van der Waals surface area contributed by atoms with E-state index in [-0.39, 0.29) is 24.5 Å². The van der Waals surface area contributed by atoms with Crippen molar-refractivity contribution in [3.05, 3.63) is 42.0 Å². The number of aromatic amines is 1. The Balaban J connectivity index is 1.93. The number of hydrogen-bond donors (Lipinski definition) is 3. The van der Waals surface area contributed by atoms with Crippen molar-refractivity contribution in [2.45, 2.75) is 25.3 Å². The number of phenolic OH excluding ortho intramolecular Hbond substituents is 1. The number of esters is 1. The van der Waals surface area contributed by atoms with Gasteiger partial charge in [-0.15, -0.1) is 0 Å². The summed E-state index contributed by atoms with van der Waals surface area (Å²) < 4.78 is 9.78. The van der Waals surface area contributed by atoms with E-state index in [2.05, 4.69) is 15.3 Å². The van der Waals surface area contributed by atoms with Crippen LogP contribution in [0.2, 0.25) is 0 Å². The third-order valence-corrected chi connectivity index (χ3v) is 3.68. The average Bonchev–Trinajstić information content (AvgIpc) is 3.12. The van der Waals surface area contributed by atoms with Crippen LogP contribution < -0.4 is 10.1 Å². The number of ether oxygens (including phenoxy) is 2. The number of aryl methyl sites for hydroxylation is 1. The average molecular weight is 347 g/mol. The lowest BCUT2D eigenvalue weighted by Crippen LogP contribution is -2.43. The largest absolute Gasteiger partial charge is 0.504 e. The highest BCUT2D eigenvalue weighted by Crippen LogP contribution is 2.26. The second-order valence-corrected chi connectivity index (χ2v) is 5.43. The monoisotopic (exact) mass is 347 g/mol. The number of aromatic nitrogens is 2. The maximum absolute atomic E-state index is 12.2. The van der Waals surface area contributed by atoms with Crippen LogP contribution in [0.4, 0.5) is 0 Å². The number of rotatable bonds is 8. The van der Waals surface area contributed by atoms with Crippen LogP contribution in [0.15, 0.2) is 30.7 Å². The summed E-state index contributed by atoms with van der Waals surface area (Å²) in [7, 11) is 2.74. The van der Waals surface area contributed by atoms with Crippen molar-refractivity contribution >= 4 is 11.9 Å². The fourth-order valence-corrected chi connectivity index (χ4v) is 2.35. The lowest BCUT2D eigenvalue weighted by atomic mass is 10.1. The van der Waals surface area contributed by atoms with Gasteiger partial charge in [-0.25, -0.2) is 9.78 Å². The number of imidazole rings is 1. The molecule has 0 aliphatic carbocycles. The molecule has 0 radical (unpaired) electrons. The van der Waals surface area contributed by atoms with Crippen molar-refractivity contribution in [1.29, 1.82) is 0 Å². The van der Waals surface area contributed by atoms with E-state index < -0.39 is 12.0 Å². The van der Waals surface area contributed by atoms with Crippen LogP contribution >= 0.6 is 0 Å². The molecule has 134 valence electrons. The van der Waals surface area contributed by atoms with Crippen LogP contribution in [0, 0.1) is 0 Å². The molecule has 1 atom stereocenters. The van der Waals surface area contributed by atoms with E-state index in [1.54, 1.807) is 18.3 Å². The quantitative estimate of drug-likeness (QED) is 0.613. The van der Waals surface area contributed by atoms with E-state index in [1.807, 2.05) is 0 Å². The summed E-state index contributed by atoms with van der Waals surface area (Å²) in [6.45, 7) is 0. The zero-order chi connectivity index (χ0) is 18.2. The third-order valence-electron chi connectivity index (χ3n) is 3.68. The predicted molar refractivity (Wildman–Crippen MR) is 89.2 cm³/mol. The molecule has 8 nitrogen and oxygen atoms in total. The van der Waals surface area contributed by atoms with Crippen molar-refractivity contribution < 1.29 is 24.2 Å². The van der Waals surface area contributed by atoms with Gasteiger partial charge in [0.2, 0.25) is 5.91 Å². The third kappa shape index (κ3) is 5.23. The molecule has 1 aromatic carbocycles. The highest BCUT2D eigenvalue weighted by atomic mass is 16.5. The van der Waals surface area contributed by atoms with Gasteiger partial charge in [0, 0.05) is 24.7 Å².